The second-order valence-electron chi connectivity index (χ2n) is 6.58. The summed E-state index contributed by atoms with van der Waals surface area (Å²) in [5.74, 6) is -1.23. The highest BCUT2D eigenvalue weighted by atomic mass is 32.2. The van der Waals surface area contributed by atoms with E-state index in [-0.39, 0.29) is 24.6 Å². The van der Waals surface area contributed by atoms with Crippen LogP contribution in [0.25, 0.3) is 0 Å². The highest BCUT2D eigenvalue weighted by molar-refractivity contribution is 7.85. The minimum atomic E-state index is -4.18. The van der Waals surface area contributed by atoms with Crippen LogP contribution in [-0.2, 0) is 31.0 Å². The Morgan fingerprint density at radius 2 is 1.86 bits per heavy atom. The van der Waals surface area contributed by atoms with Crippen molar-refractivity contribution in [3.63, 3.8) is 0 Å². The monoisotopic (exact) mass is 430 g/mol. The number of nitrogens with zero attached hydrogens (tertiary/aromatic N) is 2. The van der Waals surface area contributed by atoms with E-state index in [4.69, 9.17) is 14.0 Å². The quantitative estimate of drug-likeness (QED) is 0.281. The molecule has 1 aliphatic rings. The summed E-state index contributed by atoms with van der Waals surface area (Å²) in [6, 6.07) is 6.01. The molecule has 1 fully saturated rings. The molecule has 12 heteroatoms. The third-order valence-corrected chi connectivity index (χ3v) is 5.15. The van der Waals surface area contributed by atoms with E-state index < -0.39 is 39.5 Å². The Balaban J connectivity index is 1.73. The topological polar surface area (TPSA) is 153 Å². The smallest absolute Gasteiger partial charge is 0.410 e. The number of nitro benzene ring substituents is 1. The molecule has 11 nitrogen and oxygen atoms in total. The zero-order chi connectivity index (χ0) is 21.4. The maximum atomic E-state index is 12.2. The van der Waals surface area contributed by atoms with E-state index >= 15 is 0 Å². The Hall–Kier alpha value is -2.73. The van der Waals surface area contributed by atoms with Crippen LogP contribution in [0.2, 0.25) is 0 Å². The van der Waals surface area contributed by atoms with Crippen molar-refractivity contribution in [2.24, 2.45) is 5.92 Å². The number of hydrogen-bond acceptors (Lipinski definition) is 8. The van der Waals surface area contributed by atoms with Crippen molar-refractivity contribution in [3.8, 4) is 0 Å². The number of rotatable bonds is 8. The van der Waals surface area contributed by atoms with Gasteiger partial charge in [-0.2, -0.15) is 8.42 Å². The summed E-state index contributed by atoms with van der Waals surface area (Å²) >= 11 is 0. The van der Waals surface area contributed by atoms with E-state index in [1.807, 2.05) is 0 Å². The number of esters is 1. The van der Waals surface area contributed by atoms with Crippen LogP contribution in [0.4, 0.5) is 10.5 Å². The fourth-order valence-corrected chi connectivity index (χ4v) is 3.21. The van der Waals surface area contributed by atoms with Crippen LogP contribution >= 0.6 is 0 Å². The summed E-state index contributed by atoms with van der Waals surface area (Å²) in [5.41, 5.74) is 0.180. The molecule has 1 aromatic carbocycles. The van der Waals surface area contributed by atoms with Gasteiger partial charge in [0.05, 0.1) is 10.5 Å². The predicted molar refractivity (Wildman–Crippen MR) is 99.6 cm³/mol. The molecule has 0 atom stereocenters. The van der Waals surface area contributed by atoms with Crippen molar-refractivity contribution in [2.75, 3.05) is 25.4 Å². The molecule has 1 saturated heterocycles. The largest absolute Gasteiger partial charge is 0.464 e. The SMILES string of the molecule is O=C(CC1CCN(C(=O)OCc2ccccc2[N+](=O)[O-])CC1)OCCS(=O)(=O)O. The minimum absolute atomic E-state index is 0.0208. The van der Waals surface area contributed by atoms with Gasteiger partial charge < -0.3 is 14.4 Å². The summed E-state index contributed by atoms with van der Waals surface area (Å²) in [7, 11) is -4.18. The fraction of sp³-hybridized carbons (Fsp3) is 0.529. The summed E-state index contributed by atoms with van der Waals surface area (Å²) < 4.78 is 39.7. The number of carbonyl (C=O) groups excluding carboxylic acids is 2. The molecule has 0 bridgehead atoms. The fourth-order valence-electron chi connectivity index (χ4n) is 2.92. The van der Waals surface area contributed by atoms with Crippen LogP contribution in [0.5, 0.6) is 0 Å². The molecule has 1 N–H and O–H groups in total. The Morgan fingerprint density at radius 1 is 1.21 bits per heavy atom. The second kappa shape index (κ2) is 10.2. The average Bonchev–Trinajstić information content (AvgIpc) is 2.65. The van der Waals surface area contributed by atoms with Crippen LogP contribution in [-0.4, -0.2) is 60.3 Å². The van der Waals surface area contributed by atoms with Gasteiger partial charge in [0.25, 0.3) is 15.8 Å². The zero-order valence-electron chi connectivity index (χ0n) is 15.6. The van der Waals surface area contributed by atoms with Gasteiger partial charge in [0.2, 0.25) is 0 Å². The summed E-state index contributed by atoms with van der Waals surface area (Å²) in [4.78, 5) is 35.8. The number of likely N-dealkylation sites (tertiary alicyclic amines) is 1. The first-order chi connectivity index (χ1) is 13.7. The van der Waals surface area contributed by atoms with Crippen LogP contribution in [0.1, 0.15) is 24.8 Å². The van der Waals surface area contributed by atoms with E-state index in [2.05, 4.69) is 0 Å². The number of hydrogen-bond donors (Lipinski definition) is 1. The van der Waals surface area contributed by atoms with Crippen molar-refractivity contribution in [1.29, 1.82) is 0 Å². The zero-order valence-corrected chi connectivity index (χ0v) is 16.4. The number of para-hydroxylation sites is 1. The van der Waals surface area contributed by atoms with Crippen molar-refractivity contribution in [1.82, 2.24) is 4.90 Å². The minimum Gasteiger partial charge on any atom is -0.464 e. The van der Waals surface area contributed by atoms with Gasteiger partial charge in [-0.25, -0.2) is 4.79 Å². The van der Waals surface area contributed by atoms with Crippen molar-refractivity contribution >= 4 is 27.9 Å². The van der Waals surface area contributed by atoms with E-state index in [1.54, 1.807) is 6.07 Å². The summed E-state index contributed by atoms with van der Waals surface area (Å²) in [5, 5.41) is 11.0. The number of ether oxygens (including phenoxy) is 2. The molecule has 0 radical (unpaired) electrons. The third-order valence-electron chi connectivity index (χ3n) is 4.47. The first kappa shape index (κ1) is 22.6. The molecule has 1 amide bonds. The van der Waals surface area contributed by atoms with E-state index in [0.717, 1.165) is 0 Å². The molecule has 0 spiro atoms. The van der Waals surface area contributed by atoms with Crippen LogP contribution in [0, 0.1) is 16.0 Å². The molecule has 2 rings (SSSR count). The van der Waals surface area contributed by atoms with Gasteiger partial charge in [-0.05, 0) is 24.8 Å². The molecule has 0 unspecified atom stereocenters. The van der Waals surface area contributed by atoms with Gasteiger partial charge in [-0.3, -0.25) is 19.5 Å². The maximum Gasteiger partial charge on any atom is 0.410 e. The van der Waals surface area contributed by atoms with Crippen LogP contribution in [0.15, 0.2) is 24.3 Å². The normalized spacial score (nSPS) is 15.0. The molecule has 1 aromatic rings. The first-order valence-electron chi connectivity index (χ1n) is 8.90. The molecule has 1 heterocycles. The van der Waals surface area contributed by atoms with Gasteiger partial charge in [0, 0.05) is 25.6 Å². The number of nitro groups is 1. The lowest BCUT2D eigenvalue weighted by Gasteiger charge is -2.30. The highest BCUT2D eigenvalue weighted by Crippen LogP contribution is 2.23. The third kappa shape index (κ3) is 7.66. The molecular weight excluding hydrogens is 408 g/mol. The Labute approximate surface area is 167 Å². The van der Waals surface area contributed by atoms with Gasteiger partial charge >= 0.3 is 12.1 Å². The molecular formula is C17H22N2O9S. The Kier molecular flexibility index (Phi) is 7.91. The number of piperidine rings is 1. The van der Waals surface area contributed by atoms with E-state index in [9.17, 15) is 28.1 Å². The van der Waals surface area contributed by atoms with E-state index in [0.29, 0.717) is 31.5 Å². The lowest BCUT2D eigenvalue weighted by Crippen LogP contribution is -2.39. The molecule has 160 valence electrons. The van der Waals surface area contributed by atoms with E-state index in [1.165, 1.54) is 23.1 Å². The van der Waals surface area contributed by atoms with Gasteiger partial charge in [-0.1, -0.05) is 12.1 Å². The Bertz CT molecular complexity index is 848. The predicted octanol–water partition coefficient (Wildman–Crippen LogP) is 1.76. The number of benzene rings is 1. The van der Waals surface area contributed by atoms with Gasteiger partial charge in [0.15, 0.2) is 0 Å². The van der Waals surface area contributed by atoms with Crippen molar-refractivity contribution in [3.05, 3.63) is 39.9 Å². The lowest BCUT2D eigenvalue weighted by atomic mass is 9.94. The lowest BCUT2D eigenvalue weighted by molar-refractivity contribution is -0.385. The summed E-state index contributed by atoms with van der Waals surface area (Å²) in [6.45, 7) is 0.0990. The first-order valence-corrected chi connectivity index (χ1v) is 10.5. The molecule has 29 heavy (non-hydrogen) atoms. The summed E-state index contributed by atoms with van der Waals surface area (Å²) in [6.07, 6.45) is 0.573. The highest BCUT2D eigenvalue weighted by Gasteiger charge is 2.26. The number of amides is 1. The number of carbonyl (C=O) groups is 2. The second-order valence-corrected chi connectivity index (χ2v) is 8.15. The van der Waals surface area contributed by atoms with Crippen LogP contribution < -0.4 is 0 Å². The molecule has 0 aromatic heterocycles. The molecule has 1 aliphatic heterocycles. The Morgan fingerprint density at radius 3 is 2.48 bits per heavy atom. The standard InChI is InChI=1S/C17H22N2O9S/c20-16(27-9-10-29(24,25)26)11-13-5-7-18(8-6-13)17(21)28-12-14-3-1-2-4-15(14)19(22)23/h1-4,13H,5-12H2,(H,24,25,26). The van der Waals surface area contributed by atoms with Crippen LogP contribution in [0.3, 0.4) is 0 Å². The molecule has 0 saturated carbocycles. The maximum absolute atomic E-state index is 12.2. The van der Waals surface area contributed by atoms with Crippen molar-refractivity contribution in [2.45, 2.75) is 25.9 Å². The van der Waals surface area contributed by atoms with Gasteiger partial charge in [0.1, 0.15) is 19.0 Å². The average molecular weight is 430 g/mol. The molecule has 0 aliphatic carbocycles. The van der Waals surface area contributed by atoms with Gasteiger partial charge in [-0.15, -0.1) is 0 Å². The van der Waals surface area contributed by atoms with Crippen molar-refractivity contribution < 1.29 is 37.0 Å².